The van der Waals surface area contributed by atoms with Crippen LogP contribution in [-0.4, -0.2) is 31.4 Å². The van der Waals surface area contributed by atoms with Crippen LogP contribution in [0.4, 0.5) is 0 Å². The highest BCUT2D eigenvalue weighted by Gasteiger charge is 1.98. The molecule has 5 heteroatoms. The van der Waals surface area contributed by atoms with E-state index in [1.54, 1.807) is 7.11 Å². The largest absolute Gasteiger partial charge is 0.492 e. The third-order valence-corrected chi connectivity index (χ3v) is 3.53. The zero-order valence-electron chi connectivity index (χ0n) is 12.2. The van der Waals surface area contributed by atoms with Gasteiger partial charge in [-0.25, -0.2) is 0 Å². The summed E-state index contributed by atoms with van der Waals surface area (Å²) in [7, 11) is 1.71. The molecule has 0 aliphatic carbocycles. The molecular formula is C16H21BrN2O2. The summed E-state index contributed by atoms with van der Waals surface area (Å²) in [6.45, 7) is 3.96. The summed E-state index contributed by atoms with van der Waals surface area (Å²) in [6, 6.07) is 10.0. The van der Waals surface area contributed by atoms with Crippen LogP contribution in [0.3, 0.4) is 0 Å². The lowest BCUT2D eigenvalue weighted by atomic mass is 10.3. The molecule has 1 heterocycles. The fraction of sp³-hybridized carbons (Fsp3) is 0.375. The van der Waals surface area contributed by atoms with Crippen molar-refractivity contribution in [2.24, 2.45) is 0 Å². The van der Waals surface area contributed by atoms with Crippen molar-refractivity contribution in [1.29, 1.82) is 0 Å². The van der Waals surface area contributed by atoms with E-state index in [1.807, 2.05) is 24.3 Å². The van der Waals surface area contributed by atoms with Crippen LogP contribution < -0.4 is 10.1 Å². The molecule has 0 saturated carbocycles. The van der Waals surface area contributed by atoms with Crippen LogP contribution in [-0.2, 0) is 17.8 Å². The van der Waals surface area contributed by atoms with Gasteiger partial charge in [0.05, 0.1) is 13.2 Å². The van der Waals surface area contributed by atoms with E-state index in [0.29, 0.717) is 6.61 Å². The van der Waals surface area contributed by atoms with Crippen molar-refractivity contribution >= 4 is 15.9 Å². The lowest BCUT2D eigenvalue weighted by molar-refractivity contribution is 0.199. The minimum atomic E-state index is 0.654. The Morgan fingerprint density at radius 3 is 2.95 bits per heavy atom. The Morgan fingerprint density at radius 2 is 2.14 bits per heavy atom. The van der Waals surface area contributed by atoms with Gasteiger partial charge < -0.3 is 19.4 Å². The number of benzene rings is 1. The van der Waals surface area contributed by atoms with E-state index in [-0.39, 0.29) is 0 Å². The third kappa shape index (κ3) is 5.91. The van der Waals surface area contributed by atoms with Crippen LogP contribution in [0.15, 0.2) is 47.2 Å². The number of hydrogen-bond donors (Lipinski definition) is 1. The number of ether oxygens (including phenoxy) is 2. The zero-order valence-corrected chi connectivity index (χ0v) is 13.8. The van der Waals surface area contributed by atoms with Crippen LogP contribution in [0.2, 0.25) is 0 Å². The summed E-state index contributed by atoms with van der Waals surface area (Å²) in [6.07, 6.45) is 4.22. The smallest absolute Gasteiger partial charge is 0.120 e. The number of aromatic nitrogens is 1. The summed E-state index contributed by atoms with van der Waals surface area (Å²) < 4.78 is 13.9. The molecule has 0 spiro atoms. The van der Waals surface area contributed by atoms with E-state index in [4.69, 9.17) is 9.47 Å². The van der Waals surface area contributed by atoms with Crippen LogP contribution in [0, 0.1) is 0 Å². The SMILES string of the molecule is COCCNCc1ccn(CCOc2cccc(Br)c2)c1. The van der Waals surface area contributed by atoms with Gasteiger partial charge in [-0.2, -0.15) is 0 Å². The van der Waals surface area contributed by atoms with Gasteiger partial charge in [-0.15, -0.1) is 0 Å². The first kappa shape index (κ1) is 16.1. The van der Waals surface area contributed by atoms with Crippen molar-refractivity contribution in [3.05, 3.63) is 52.8 Å². The number of halogens is 1. The van der Waals surface area contributed by atoms with Crippen molar-refractivity contribution in [2.45, 2.75) is 13.1 Å². The Kier molecular flexibility index (Phi) is 6.79. The normalized spacial score (nSPS) is 10.8. The van der Waals surface area contributed by atoms with Crippen LogP contribution >= 0.6 is 15.9 Å². The fourth-order valence-electron chi connectivity index (χ4n) is 1.97. The minimum Gasteiger partial charge on any atom is -0.492 e. The Morgan fingerprint density at radius 1 is 1.24 bits per heavy atom. The van der Waals surface area contributed by atoms with Crippen molar-refractivity contribution in [3.63, 3.8) is 0 Å². The molecule has 2 aromatic rings. The predicted octanol–water partition coefficient (Wildman–Crippen LogP) is 3.07. The highest BCUT2D eigenvalue weighted by Crippen LogP contribution is 2.17. The maximum absolute atomic E-state index is 5.73. The molecule has 4 nitrogen and oxygen atoms in total. The molecule has 0 aliphatic heterocycles. The molecule has 2 rings (SSSR count). The molecule has 114 valence electrons. The highest BCUT2D eigenvalue weighted by atomic mass is 79.9. The van der Waals surface area contributed by atoms with Crippen LogP contribution in [0.25, 0.3) is 0 Å². The lowest BCUT2D eigenvalue weighted by Gasteiger charge is -2.07. The second kappa shape index (κ2) is 8.87. The molecule has 0 fully saturated rings. The van der Waals surface area contributed by atoms with Gasteiger partial charge in [0.15, 0.2) is 0 Å². The van der Waals surface area contributed by atoms with E-state index in [2.05, 4.69) is 44.3 Å². The Hall–Kier alpha value is -1.30. The molecule has 0 unspecified atom stereocenters. The molecule has 21 heavy (non-hydrogen) atoms. The lowest BCUT2D eigenvalue weighted by Crippen LogP contribution is -2.18. The fourth-order valence-corrected chi connectivity index (χ4v) is 2.35. The van der Waals surface area contributed by atoms with Gasteiger partial charge in [0.1, 0.15) is 12.4 Å². The number of nitrogens with zero attached hydrogens (tertiary/aromatic N) is 1. The Balaban J connectivity index is 1.70. The molecule has 0 atom stereocenters. The monoisotopic (exact) mass is 352 g/mol. The van der Waals surface area contributed by atoms with Crippen LogP contribution in [0.5, 0.6) is 5.75 Å². The highest BCUT2D eigenvalue weighted by molar-refractivity contribution is 9.10. The maximum atomic E-state index is 5.73. The number of nitrogens with one attached hydrogen (secondary N) is 1. The van der Waals surface area contributed by atoms with E-state index in [1.165, 1.54) is 5.56 Å². The van der Waals surface area contributed by atoms with Crippen molar-refractivity contribution < 1.29 is 9.47 Å². The summed E-state index contributed by atoms with van der Waals surface area (Å²) in [5.41, 5.74) is 1.27. The molecule has 1 aromatic heterocycles. The average molecular weight is 353 g/mol. The predicted molar refractivity (Wildman–Crippen MR) is 87.7 cm³/mol. The number of hydrogen-bond acceptors (Lipinski definition) is 3. The van der Waals surface area contributed by atoms with Crippen LogP contribution in [0.1, 0.15) is 5.56 Å². The molecule has 1 aromatic carbocycles. The first-order valence-electron chi connectivity index (χ1n) is 7.00. The van der Waals surface area contributed by atoms with Gasteiger partial charge in [0.25, 0.3) is 0 Å². The second-order valence-electron chi connectivity index (χ2n) is 4.73. The first-order chi connectivity index (χ1) is 10.3. The summed E-state index contributed by atoms with van der Waals surface area (Å²) >= 11 is 3.44. The third-order valence-electron chi connectivity index (χ3n) is 3.04. The molecule has 1 N–H and O–H groups in total. The van der Waals surface area contributed by atoms with E-state index in [9.17, 15) is 0 Å². The summed E-state index contributed by atoms with van der Waals surface area (Å²) in [5.74, 6) is 0.887. The van der Waals surface area contributed by atoms with Gasteiger partial charge in [0, 0.05) is 37.1 Å². The zero-order chi connectivity index (χ0) is 14.9. The van der Waals surface area contributed by atoms with Gasteiger partial charge in [-0.1, -0.05) is 22.0 Å². The molecule has 0 radical (unpaired) electrons. The summed E-state index contributed by atoms with van der Waals surface area (Å²) in [5, 5.41) is 3.33. The van der Waals surface area contributed by atoms with E-state index < -0.39 is 0 Å². The Labute approximate surface area is 134 Å². The topological polar surface area (TPSA) is 35.4 Å². The molecule has 0 amide bonds. The molecule has 0 saturated heterocycles. The van der Waals surface area contributed by atoms with Gasteiger partial charge in [-0.05, 0) is 29.8 Å². The average Bonchev–Trinajstić information content (AvgIpc) is 2.92. The summed E-state index contributed by atoms with van der Waals surface area (Å²) in [4.78, 5) is 0. The second-order valence-corrected chi connectivity index (χ2v) is 5.65. The van der Waals surface area contributed by atoms with Gasteiger partial charge in [-0.3, -0.25) is 0 Å². The number of rotatable bonds is 9. The van der Waals surface area contributed by atoms with E-state index >= 15 is 0 Å². The molecular weight excluding hydrogens is 332 g/mol. The number of methoxy groups -OCH3 is 1. The Bertz CT molecular complexity index is 543. The van der Waals surface area contributed by atoms with E-state index in [0.717, 1.165) is 36.5 Å². The van der Waals surface area contributed by atoms with Crippen molar-refractivity contribution in [3.8, 4) is 5.75 Å². The maximum Gasteiger partial charge on any atom is 0.120 e. The minimum absolute atomic E-state index is 0.654. The first-order valence-corrected chi connectivity index (χ1v) is 7.80. The standard InChI is InChI=1S/C16H21BrN2O2/c1-20-9-6-18-12-14-5-7-19(13-14)8-10-21-16-4-2-3-15(17)11-16/h2-5,7,11,13,18H,6,8-10,12H2,1H3. The van der Waals surface area contributed by atoms with Crippen molar-refractivity contribution in [1.82, 2.24) is 9.88 Å². The quantitative estimate of drug-likeness (QED) is 0.704. The van der Waals surface area contributed by atoms with Crippen molar-refractivity contribution in [2.75, 3.05) is 26.9 Å². The molecule has 0 bridgehead atoms. The van der Waals surface area contributed by atoms with Gasteiger partial charge in [0.2, 0.25) is 0 Å². The molecule has 0 aliphatic rings. The van der Waals surface area contributed by atoms with Gasteiger partial charge >= 0.3 is 0 Å².